The molecule has 1 unspecified atom stereocenters. The van der Waals surface area contributed by atoms with Crippen molar-refractivity contribution >= 4 is 11.8 Å². The molecular formula is C7H15NOS. The van der Waals surface area contributed by atoms with Gasteiger partial charge in [-0.3, -0.25) is 0 Å². The second-order valence-corrected chi connectivity index (χ2v) is 4.01. The van der Waals surface area contributed by atoms with Crippen LogP contribution < -0.4 is 5.32 Å². The van der Waals surface area contributed by atoms with Crippen molar-refractivity contribution in [1.82, 2.24) is 5.32 Å². The van der Waals surface area contributed by atoms with Crippen LogP contribution >= 0.6 is 11.8 Å². The minimum absolute atomic E-state index is 0.364. The van der Waals surface area contributed by atoms with Gasteiger partial charge in [0, 0.05) is 12.3 Å². The molecular weight excluding hydrogens is 146 g/mol. The fourth-order valence-corrected chi connectivity index (χ4v) is 1.80. The van der Waals surface area contributed by atoms with E-state index in [9.17, 15) is 0 Å². The van der Waals surface area contributed by atoms with Gasteiger partial charge in [-0.05, 0) is 13.8 Å². The first-order valence-corrected chi connectivity index (χ1v) is 4.80. The molecule has 1 N–H and O–H groups in total. The van der Waals surface area contributed by atoms with Crippen LogP contribution in [0, 0.1) is 0 Å². The molecule has 0 aromatic rings. The van der Waals surface area contributed by atoms with E-state index in [0.717, 1.165) is 13.2 Å². The van der Waals surface area contributed by atoms with Gasteiger partial charge in [0.05, 0.1) is 18.1 Å². The van der Waals surface area contributed by atoms with Crippen molar-refractivity contribution in [1.29, 1.82) is 0 Å². The molecule has 0 saturated carbocycles. The van der Waals surface area contributed by atoms with Crippen molar-refractivity contribution in [2.45, 2.75) is 25.3 Å². The van der Waals surface area contributed by atoms with Gasteiger partial charge >= 0.3 is 0 Å². The lowest BCUT2D eigenvalue weighted by atomic mass is 10.5. The Hall–Kier alpha value is 0.270. The highest BCUT2D eigenvalue weighted by Gasteiger charge is 2.14. The summed E-state index contributed by atoms with van der Waals surface area (Å²) in [5.74, 6) is 1.23. The third-order valence-electron chi connectivity index (χ3n) is 1.37. The van der Waals surface area contributed by atoms with Crippen LogP contribution in [0.3, 0.4) is 0 Å². The Bertz CT molecular complexity index is 91.6. The zero-order valence-corrected chi connectivity index (χ0v) is 7.41. The van der Waals surface area contributed by atoms with E-state index in [2.05, 4.69) is 19.2 Å². The second kappa shape index (κ2) is 4.21. The first-order chi connectivity index (χ1) is 4.79. The van der Waals surface area contributed by atoms with Gasteiger partial charge in [-0.15, -0.1) is 11.8 Å². The number of nitrogens with one attached hydrogen (secondary N) is 1. The summed E-state index contributed by atoms with van der Waals surface area (Å²) in [4.78, 5) is 0. The second-order valence-electron chi connectivity index (χ2n) is 2.70. The average molecular weight is 161 g/mol. The van der Waals surface area contributed by atoms with Crippen LogP contribution in [0.1, 0.15) is 13.8 Å². The Morgan fingerprint density at radius 2 is 2.50 bits per heavy atom. The summed E-state index contributed by atoms with van der Waals surface area (Å²) < 4.78 is 5.44. The molecule has 1 fully saturated rings. The fraction of sp³-hybridized carbons (Fsp3) is 1.00. The topological polar surface area (TPSA) is 21.3 Å². The van der Waals surface area contributed by atoms with Crippen molar-refractivity contribution in [2.24, 2.45) is 0 Å². The van der Waals surface area contributed by atoms with Gasteiger partial charge in [-0.1, -0.05) is 0 Å². The molecule has 1 aliphatic rings. The lowest BCUT2D eigenvalue weighted by Gasteiger charge is -2.12. The smallest absolute Gasteiger partial charge is 0.0770 e. The molecule has 0 radical (unpaired) electrons. The number of hydrogen-bond acceptors (Lipinski definition) is 3. The summed E-state index contributed by atoms with van der Waals surface area (Å²) in [6.45, 7) is 6.12. The quantitative estimate of drug-likeness (QED) is 0.669. The van der Waals surface area contributed by atoms with Crippen molar-refractivity contribution in [3.63, 3.8) is 0 Å². The SMILES string of the molecule is CC(C)OCC1NCCS1. The first-order valence-electron chi connectivity index (χ1n) is 3.75. The van der Waals surface area contributed by atoms with Crippen LogP contribution in [0.25, 0.3) is 0 Å². The largest absolute Gasteiger partial charge is 0.376 e. The van der Waals surface area contributed by atoms with E-state index in [1.54, 1.807) is 0 Å². The van der Waals surface area contributed by atoms with Crippen molar-refractivity contribution in [2.75, 3.05) is 18.9 Å². The molecule has 0 amide bonds. The molecule has 60 valence electrons. The molecule has 1 atom stereocenters. The van der Waals surface area contributed by atoms with E-state index in [1.165, 1.54) is 5.75 Å². The van der Waals surface area contributed by atoms with Gasteiger partial charge < -0.3 is 10.1 Å². The minimum atomic E-state index is 0.364. The predicted octanol–water partition coefficient (Wildman–Crippen LogP) is 1.07. The highest BCUT2D eigenvalue weighted by molar-refractivity contribution is 8.00. The van der Waals surface area contributed by atoms with Crippen LogP contribution in [0.4, 0.5) is 0 Å². The number of hydrogen-bond donors (Lipinski definition) is 1. The summed E-state index contributed by atoms with van der Waals surface area (Å²) in [7, 11) is 0. The first kappa shape index (κ1) is 8.37. The van der Waals surface area contributed by atoms with Gasteiger partial charge in [-0.2, -0.15) is 0 Å². The van der Waals surface area contributed by atoms with Gasteiger partial charge in [0.1, 0.15) is 0 Å². The molecule has 1 aliphatic heterocycles. The maximum Gasteiger partial charge on any atom is 0.0770 e. The molecule has 1 rings (SSSR count). The molecule has 0 spiro atoms. The van der Waals surface area contributed by atoms with Crippen LogP contribution in [0.2, 0.25) is 0 Å². The lowest BCUT2D eigenvalue weighted by molar-refractivity contribution is 0.0769. The zero-order chi connectivity index (χ0) is 7.40. The van der Waals surface area contributed by atoms with E-state index in [0.29, 0.717) is 11.5 Å². The van der Waals surface area contributed by atoms with Crippen LogP contribution in [0.5, 0.6) is 0 Å². The molecule has 3 heteroatoms. The Labute approximate surface area is 66.7 Å². The number of rotatable bonds is 3. The Morgan fingerprint density at radius 1 is 1.70 bits per heavy atom. The van der Waals surface area contributed by atoms with Crippen LogP contribution in [-0.2, 0) is 4.74 Å². The Balaban J connectivity index is 2.01. The number of ether oxygens (including phenoxy) is 1. The molecule has 2 nitrogen and oxygen atoms in total. The Kier molecular flexibility index (Phi) is 3.52. The highest BCUT2D eigenvalue weighted by Crippen LogP contribution is 2.13. The van der Waals surface area contributed by atoms with Gasteiger partial charge in [0.2, 0.25) is 0 Å². The van der Waals surface area contributed by atoms with E-state index in [4.69, 9.17) is 4.74 Å². The van der Waals surface area contributed by atoms with Crippen molar-refractivity contribution < 1.29 is 4.74 Å². The fourth-order valence-electron chi connectivity index (χ4n) is 0.867. The van der Waals surface area contributed by atoms with Gasteiger partial charge in [0.15, 0.2) is 0 Å². The zero-order valence-electron chi connectivity index (χ0n) is 6.59. The normalized spacial score (nSPS) is 26.1. The Morgan fingerprint density at radius 3 is 3.00 bits per heavy atom. The van der Waals surface area contributed by atoms with E-state index >= 15 is 0 Å². The summed E-state index contributed by atoms with van der Waals surface area (Å²) in [5.41, 5.74) is 0. The van der Waals surface area contributed by atoms with E-state index in [1.807, 2.05) is 11.8 Å². The molecule has 1 saturated heterocycles. The molecule has 0 aromatic carbocycles. The molecule has 0 aromatic heterocycles. The van der Waals surface area contributed by atoms with Crippen LogP contribution in [-0.4, -0.2) is 30.4 Å². The maximum absolute atomic E-state index is 5.44. The van der Waals surface area contributed by atoms with Crippen LogP contribution in [0.15, 0.2) is 0 Å². The molecule has 10 heavy (non-hydrogen) atoms. The lowest BCUT2D eigenvalue weighted by Crippen LogP contribution is -2.26. The van der Waals surface area contributed by atoms with Gasteiger partial charge in [0.25, 0.3) is 0 Å². The molecule has 0 bridgehead atoms. The van der Waals surface area contributed by atoms with Crippen molar-refractivity contribution in [3.05, 3.63) is 0 Å². The molecule has 1 heterocycles. The highest BCUT2D eigenvalue weighted by atomic mass is 32.2. The summed E-state index contributed by atoms with van der Waals surface area (Å²) in [6, 6.07) is 0. The molecule has 0 aliphatic carbocycles. The summed E-state index contributed by atoms with van der Waals surface area (Å²) in [6.07, 6.45) is 0.364. The average Bonchev–Trinajstić information content (AvgIpc) is 2.34. The monoisotopic (exact) mass is 161 g/mol. The predicted molar refractivity (Wildman–Crippen MR) is 45.3 cm³/mol. The summed E-state index contributed by atoms with van der Waals surface area (Å²) >= 11 is 1.95. The van der Waals surface area contributed by atoms with E-state index in [-0.39, 0.29) is 0 Å². The maximum atomic E-state index is 5.44. The summed E-state index contributed by atoms with van der Waals surface area (Å²) in [5, 5.41) is 3.89. The van der Waals surface area contributed by atoms with Crippen molar-refractivity contribution in [3.8, 4) is 0 Å². The standard InChI is InChI=1S/C7H15NOS/c1-6(2)9-5-7-8-3-4-10-7/h6-8H,3-5H2,1-2H3. The number of thioether (sulfide) groups is 1. The van der Waals surface area contributed by atoms with Gasteiger partial charge in [-0.25, -0.2) is 0 Å². The van der Waals surface area contributed by atoms with E-state index < -0.39 is 0 Å². The third-order valence-corrected chi connectivity index (χ3v) is 2.52. The minimum Gasteiger partial charge on any atom is -0.376 e. The third kappa shape index (κ3) is 2.90.